The lowest BCUT2D eigenvalue weighted by molar-refractivity contribution is -0.139. The van der Waals surface area contributed by atoms with Crippen LogP contribution >= 0.6 is 0 Å². The van der Waals surface area contributed by atoms with Gasteiger partial charge >= 0.3 is 0 Å². The van der Waals surface area contributed by atoms with Crippen LogP contribution in [0.3, 0.4) is 0 Å². The largest absolute Gasteiger partial charge is 0.286 e. The molecule has 3 fully saturated rings. The second-order valence-corrected chi connectivity index (χ2v) is 10.3. The molecule has 1 saturated carbocycles. The summed E-state index contributed by atoms with van der Waals surface area (Å²) in [6.45, 7) is 0. The summed E-state index contributed by atoms with van der Waals surface area (Å²) in [6.07, 6.45) is 7.75. The topological polar surface area (TPSA) is 149 Å². The summed E-state index contributed by atoms with van der Waals surface area (Å²) < 4.78 is 3.41. The van der Waals surface area contributed by atoms with Crippen molar-refractivity contribution in [3.05, 3.63) is 54.7 Å². The Labute approximate surface area is 235 Å². The molecule has 4 unspecified atom stereocenters. The Morgan fingerprint density at radius 2 is 1.24 bits per heavy atom. The van der Waals surface area contributed by atoms with Crippen molar-refractivity contribution in [2.75, 3.05) is 14.1 Å². The molecule has 0 spiro atoms. The molecule has 0 radical (unpaired) electrons. The van der Waals surface area contributed by atoms with Crippen LogP contribution in [0.1, 0.15) is 19.3 Å². The molecule has 1 aromatic carbocycles. The minimum Gasteiger partial charge on any atom is -0.286 e. The predicted octanol–water partition coefficient (Wildman–Crippen LogP) is 1.52. The molecular weight excluding hydrogens is 526 g/mol. The van der Waals surface area contributed by atoms with Gasteiger partial charge in [0.05, 0.1) is 17.4 Å². The minimum absolute atomic E-state index is 0.0208. The number of rotatable bonds is 0. The average Bonchev–Trinajstić information content (AvgIpc) is 3.85. The Morgan fingerprint density at radius 3 is 1.80 bits per heavy atom. The third-order valence-corrected chi connectivity index (χ3v) is 7.87. The number of aryl methyl sites for hydroxylation is 2. The monoisotopic (exact) mass is 557 g/mol. The van der Waals surface area contributed by atoms with Crippen LogP contribution in [0.2, 0.25) is 0 Å². The number of aromatic nitrogens is 7. The smallest absolute Gasteiger partial charge is 0.233 e. The molecule has 13 heteroatoms. The number of para-hydroxylation sites is 1. The summed E-state index contributed by atoms with van der Waals surface area (Å²) in [4.78, 5) is 50.8. The Hall–Kier alpha value is -4.81. The van der Waals surface area contributed by atoms with E-state index in [-0.39, 0.29) is 35.5 Å². The van der Waals surface area contributed by atoms with Crippen molar-refractivity contribution in [2.24, 2.45) is 37.8 Å². The first-order chi connectivity index (χ1) is 19.7. The van der Waals surface area contributed by atoms with E-state index in [9.17, 15) is 19.2 Å². The molecule has 4 atom stereocenters. The predicted molar refractivity (Wildman–Crippen MR) is 147 cm³/mol. The van der Waals surface area contributed by atoms with E-state index in [0.717, 1.165) is 28.6 Å². The number of likely N-dealkylation sites (tertiary alicyclic amines) is 2. The van der Waals surface area contributed by atoms with Gasteiger partial charge in [0, 0.05) is 47.2 Å². The van der Waals surface area contributed by atoms with Crippen LogP contribution in [-0.4, -0.2) is 82.5 Å². The molecule has 2 aliphatic heterocycles. The summed E-state index contributed by atoms with van der Waals surface area (Å²) in [7, 11) is 6.82. The van der Waals surface area contributed by atoms with Crippen LogP contribution < -0.4 is 0 Å². The van der Waals surface area contributed by atoms with E-state index in [2.05, 4.69) is 37.8 Å². The fraction of sp³-hybridized carbons (Fsp3) is 0.393. The Balaban J connectivity index is 0.000000112. The maximum Gasteiger partial charge on any atom is 0.233 e. The second kappa shape index (κ2) is 11.4. The lowest BCUT2D eigenvalue weighted by Crippen LogP contribution is -2.28. The van der Waals surface area contributed by atoms with Crippen molar-refractivity contribution >= 4 is 45.8 Å². The Bertz CT molecular complexity index is 1540. The first-order valence-corrected chi connectivity index (χ1v) is 13.3. The first kappa shape index (κ1) is 27.7. The molecule has 4 amide bonds. The van der Waals surface area contributed by atoms with Gasteiger partial charge in [-0.1, -0.05) is 34.7 Å². The van der Waals surface area contributed by atoms with Crippen molar-refractivity contribution < 1.29 is 19.2 Å². The maximum atomic E-state index is 11.7. The fourth-order valence-corrected chi connectivity index (χ4v) is 5.60. The van der Waals surface area contributed by atoms with Crippen molar-refractivity contribution in [3.8, 4) is 0 Å². The van der Waals surface area contributed by atoms with Crippen molar-refractivity contribution in [1.29, 1.82) is 0 Å². The van der Waals surface area contributed by atoms with E-state index in [1.807, 2.05) is 50.5 Å². The van der Waals surface area contributed by atoms with Crippen LogP contribution in [0.15, 0.2) is 54.7 Å². The number of fused-ring (bicyclic) bond motifs is 7. The molecule has 2 saturated heterocycles. The number of benzene rings is 1. The summed E-state index contributed by atoms with van der Waals surface area (Å²) in [6, 6.07) is 11.6. The lowest BCUT2D eigenvalue weighted by Gasteiger charge is -2.14. The molecule has 212 valence electrons. The third-order valence-electron chi connectivity index (χ3n) is 7.87. The number of hydrogen-bond donors (Lipinski definition) is 0. The second-order valence-electron chi connectivity index (χ2n) is 10.3. The summed E-state index contributed by atoms with van der Waals surface area (Å²) >= 11 is 0. The highest BCUT2D eigenvalue weighted by molar-refractivity contribution is 6.06. The first-order valence-electron chi connectivity index (χ1n) is 13.3. The molecule has 4 aliphatic rings. The zero-order valence-electron chi connectivity index (χ0n) is 23.3. The van der Waals surface area contributed by atoms with E-state index in [1.165, 1.54) is 16.8 Å². The fourth-order valence-electron chi connectivity index (χ4n) is 5.60. The lowest BCUT2D eigenvalue weighted by atomic mass is 9.85. The normalized spacial score (nSPS) is 23.8. The Kier molecular flexibility index (Phi) is 7.68. The van der Waals surface area contributed by atoms with Gasteiger partial charge in [-0.25, -0.2) is 14.3 Å². The number of nitrogens with zero attached hydrogens (tertiary/aromatic N) is 9. The number of carbonyl (C=O) groups excluding carboxylic acids is 4. The zero-order chi connectivity index (χ0) is 29.3. The average molecular weight is 558 g/mol. The van der Waals surface area contributed by atoms with E-state index in [1.54, 1.807) is 22.6 Å². The highest BCUT2D eigenvalue weighted by Crippen LogP contribution is 2.52. The Morgan fingerprint density at radius 1 is 0.683 bits per heavy atom. The van der Waals surface area contributed by atoms with Gasteiger partial charge in [0.25, 0.3) is 0 Å². The number of carbonyl (C=O) groups is 4. The van der Waals surface area contributed by atoms with Gasteiger partial charge in [0.2, 0.25) is 23.6 Å². The quantitative estimate of drug-likeness (QED) is 0.232. The van der Waals surface area contributed by atoms with Crippen LogP contribution in [0.4, 0.5) is 0 Å². The van der Waals surface area contributed by atoms with Gasteiger partial charge in [0.15, 0.2) is 5.65 Å². The maximum absolute atomic E-state index is 11.7. The van der Waals surface area contributed by atoms with Gasteiger partial charge < -0.3 is 0 Å². The van der Waals surface area contributed by atoms with Crippen molar-refractivity contribution in [3.63, 3.8) is 0 Å². The molecule has 3 aromatic heterocycles. The van der Waals surface area contributed by atoms with Gasteiger partial charge in [0.1, 0.15) is 11.0 Å². The van der Waals surface area contributed by atoms with Crippen LogP contribution in [0.5, 0.6) is 0 Å². The highest BCUT2D eigenvalue weighted by atomic mass is 16.2. The van der Waals surface area contributed by atoms with Gasteiger partial charge in [-0.3, -0.25) is 29.0 Å². The molecular formula is C28H31N9O4. The summed E-state index contributed by atoms with van der Waals surface area (Å²) in [5.41, 5.74) is 3.68. The molecule has 41 heavy (non-hydrogen) atoms. The third kappa shape index (κ3) is 5.34. The standard InChI is InChI=1S/C10H11NO2.C7H7N3.C6H6N4.C5H7NO2/c1-11-9(12)7-5-2-3-6(4-5)8(7)10(11)13;1-10-7-5-3-2-4-6(7)8-9-10;1-10-6-5(8-9-10)3-2-4-7-6;1-6-4(7)2-3-5(6)8/h2-3,5-8H,4H2,1H3;2-5H,1H3;2-4H,1H3;2-3H2,1H3. The van der Waals surface area contributed by atoms with E-state index in [4.69, 9.17) is 0 Å². The molecule has 2 bridgehead atoms. The molecule has 0 N–H and O–H groups in total. The van der Waals surface area contributed by atoms with Gasteiger partial charge in [-0.15, -0.1) is 10.2 Å². The van der Waals surface area contributed by atoms with Crippen LogP contribution in [0, 0.1) is 23.7 Å². The van der Waals surface area contributed by atoms with Crippen molar-refractivity contribution in [2.45, 2.75) is 19.3 Å². The van der Waals surface area contributed by atoms with E-state index < -0.39 is 0 Å². The van der Waals surface area contributed by atoms with Crippen LogP contribution in [0.25, 0.3) is 22.2 Å². The number of imide groups is 2. The number of allylic oxidation sites excluding steroid dienone is 2. The number of amides is 4. The molecule has 2 aliphatic carbocycles. The summed E-state index contributed by atoms with van der Waals surface area (Å²) in [5.74, 6) is 0.594. The molecule has 4 aromatic rings. The molecule has 5 heterocycles. The SMILES string of the molecule is CN1C(=O)C2C3C=CC(C3)C2C1=O.CN1C(=O)CCC1=O.Cn1nnc2ccccc21.Cn1nnc2cccnc21. The van der Waals surface area contributed by atoms with Gasteiger partial charge in [-0.2, -0.15) is 0 Å². The highest BCUT2D eigenvalue weighted by Gasteiger charge is 2.58. The van der Waals surface area contributed by atoms with Gasteiger partial charge in [-0.05, 0) is 42.5 Å². The zero-order valence-corrected chi connectivity index (χ0v) is 23.3. The summed E-state index contributed by atoms with van der Waals surface area (Å²) in [5, 5.41) is 15.5. The van der Waals surface area contributed by atoms with Crippen LogP contribution in [-0.2, 0) is 33.3 Å². The minimum atomic E-state index is -0.0602. The number of hydrogen-bond acceptors (Lipinski definition) is 9. The molecule has 13 nitrogen and oxygen atoms in total. The van der Waals surface area contributed by atoms with Crippen molar-refractivity contribution in [1.82, 2.24) is 44.8 Å². The number of pyridine rings is 1. The van der Waals surface area contributed by atoms with E-state index >= 15 is 0 Å². The molecule has 8 rings (SSSR count). The van der Waals surface area contributed by atoms with E-state index in [0.29, 0.717) is 24.7 Å².